The molecule has 1 aliphatic rings. The van der Waals surface area contributed by atoms with Crippen LogP contribution in [0.3, 0.4) is 0 Å². The molecule has 1 saturated heterocycles. The van der Waals surface area contributed by atoms with Crippen LogP contribution in [-0.4, -0.2) is 29.8 Å². The summed E-state index contributed by atoms with van der Waals surface area (Å²) in [7, 11) is 0. The minimum atomic E-state index is -4.94. The maximum absolute atomic E-state index is 14.6. The molecule has 3 atom stereocenters. The van der Waals surface area contributed by atoms with Gasteiger partial charge in [-0.15, -0.1) is 11.6 Å². The molecule has 0 saturated carbocycles. The maximum atomic E-state index is 14.6. The molecule has 1 aliphatic heterocycles. The van der Waals surface area contributed by atoms with Gasteiger partial charge in [-0.25, -0.2) is 4.79 Å². The molecule has 0 spiro atoms. The van der Waals surface area contributed by atoms with Crippen LogP contribution >= 0.6 is 27.5 Å². The zero-order chi connectivity index (χ0) is 28.0. The van der Waals surface area contributed by atoms with Crippen molar-refractivity contribution in [1.29, 1.82) is 0 Å². The number of hydrogen-bond donors (Lipinski definition) is 2. The van der Waals surface area contributed by atoms with E-state index in [9.17, 15) is 31.1 Å². The topological polar surface area (TPSA) is 50.4 Å². The molecule has 0 aromatic heterocycles. The summed E-state index contributed by atoms with van der Waals surface area (Å²) in [4.78, 5) is 11.9. The van der Waals surface area contributed by atoms with Crippen molar-refractivity contribution < 1.29 is 35.9 Å². The molecule has 204 valence electrons. The lowest BCUT2D eigenvalue weighted by atomic mass is 9.75. The Labute approximate surface area is 224 Å². The first-order chi connectivity index (χ1) is 16.8. The molecule has 2 aromatic carbocycles. The Bertz CT molecular complexity index is 1170. The van der Waals surface area contributed by atoms with E-state index < -0.39 is 58.6 Å². The Morgan fingerprint density at radius 1 is 1.14 bits per heavy atom. The number of carbonyl (C=O) groups excluding carboxylic acids is 1. The Balaban J connectivity index is 1.91. The van der Waals surface area contributed by atoms with E-state index in [0.29, 0.717) is 21.7 Å². The second-order valence-electron chi connectivity index (χ2n) is 10.0. The van der Waals surface area contributed by atoms with E-state index >= 15 is 0 Å². The summed E-state index contributed by atoms with van der Waals surface area (Å²) < 4.78 is 89.6. The minimum absolute atomic E-state index is 0.0466. The first-order valence-corrected chi connectivity index (χ1v) is 12.5. The lowest BCUT2D eigenvalue weighted by Gasteiger charge is -2.36. The van der Waals surface area contributed by atoms with Gasteiger partial charge in [0.25, 0.3) is 0 Å². The smallest absolute Gasteiger partial charge is 0.416 e. The van der Waals surface area contributed by atoms with Crippen LogP contribution in [0.15, 0.2) is 40.9 Å². The number of rotatable bonds is 4. The molecule has 1 heterocycles. The molecule has 1 amide bonds. The number of ether oxygens (including phenoxy) is 1. The molecule has 4 nitrogen and oxygen atoms in total. The van der Waals surface area contributed by atoms with Gasteiger partial charge in [0.2, 0.25) is 0 Å². The first-order valence-electron chi connectivity index (χ1n) is 11.2. The van der Waals surface area contributed by atoms with E-state index in [1.165, 1.54) is 6.92 Å². The van der Waals surface area contributed by atoms with Gasteiger partial charge in [0.05, 0.1) is 10.9 Å². The zero-order valence-electron chi connectivity index (χ0n) is 20.4. The molecule has 3 unspecified atom stereocenters. The van der Waals surface area contributed by atoms with E-state index in [1.54, 1.807) is 39.0 Å². The van der Waals surface area contributed by atoms with Crippen LogP contribution in [-0.2, 0) is 22.9 Å². The standard InChI is InChI=1S/C25H26BrClF6N2O2/c1-13-7-16(10-17(8-13)24(28,29)30)23(25(31,32)33)12-35-19(20(23)27)14-5-6-15(18(26)9-14)11-34-21(36)37-22(2,3)4/h5-10,19-20,35H,11-12H2,1-4H3,(H,34,36). The predicted molar refractivity (Wildman–Crippen MR) is 132 cm³/mol. The van der Waals surface area contributed by atoms with E-state index in [1.807, 2.05) is 0 Å². The van der Waals surface area contributed by atoms with Crippen molar-refractivity contribution in [1.82, 2.24) is 10.6 Å². The van der Waals surface area contributed by atoms with Crippen LogP contribution < -0.4 is 10.6 Å². The lowest BCUT2D eigenvalue weighted by Crippen LogP contribution is -2.50. The van der Waals surface area contributed by atoms with E-state index in [0.717, 1.165) is 12.1 Å². The molecule has 2 N–H and O–H groups in total. The molecule has 2 aromatic rings. The first kappa shape index (κ1) is 29.6. The van der Waals surface area contributed by atoms with Gasteiger partial charge in [0.1, 0.15) is 11.0 Å². The average molecular weight is 616 g/mol. The number of alkyl halides is 7. The van der Waals surface area contributed by atoms with Gasteiger partial charge in [-0.2, -0.15) is 26.3 Å². The van der Waals surface area contributed by atoms with Gasteiger partial charge >= 0.3 is 18.4 Å². The monoisotopic (exact) mass is 614 g/mol. The van der Waals surface area contributed by atoms with Gasteiger partial charge in [0.15, 0.2) is 0 Å². The van der Waals surface area contributed by atoms with Crippen molar-refractivity contribution in [2.75, 3.05) is 6.54 Å². The minimum Gasteiger partial charge on any atom is -0.444 e. The predicted octanol–water partition coefficient (Wildman–Crippen LogP) is 7.55. The van der Waals surface area contributed by atoms with Crippen LogP contribution in [0.1, 0.15) is 54.6 Å². The molecule has 12 heteroatoms. The summed E-state index contributed by atoms with van der Waals surface area (Å²) in [5.41, 5.74) is -4.06. The van der Waals surface area contributed by atoms with Gasteiger partial charge < -0.3 is 15.4 Å². The van der Waals surface area contributed by atoms with Crippen molar-refractivity contribution in [2.45, 2.75) is 69.0 Å². The summed E-state index contributed by atoms with van der Waals surface area (Å²) in [6.45, 7) is 5.86. The van der Waals surface area contributed by atoms with E-state index in [4.69, 9.17) is 16.3 Å². The lowest BCUT2D eigenvalue weighted by molar-refractivity contribution is -0.184. The Morgan fingerprint density at radius 3 is 2.32 bits per heavy atom. The van der Waals surface area contributed by atoms with Crippen LogP contribution in [0.5, 0.6) is 0 Å². The van der Waals surface area contributed by atoms with Crippen molar-refractivity contribution in [3.8, 4) is 0 Å². The van der Waals surface area contributed by atoms with Crippen molar-refractivity contribution in [2.24, 2.45) is 0 Å². The fourth-order valence-corrected chi connectivity index (χ4v) is 5.41. The Kier molecular flexibility index (Phi) is 8.23. The maximum Gasteiger partial charge on any atom is 0.416 e. The number of amides is 1. The third-order valence-corrected chi connectivity index (χ3v) is 7.41. The summed E-state index contributed by atoms with van der Waals surface area (Å²) in [6, 6.07) is 6.17. The molecule has 1 fully saturated rings. The number of alkyl carbamates (subject to hydrolysis) is 1. The third kappa shape index (κ3) is 6.37. The summed E-state index contributed by atoms with van der Waals surface area (Å²) in [6.07, 6.45) is -10.4. The van der Waals surface area contributed by atoms with Crippen molar-refractivity contribution >= 4 is 33.6 Å². The SMILES string of the molecule is Cc1cc(C(F)(F)F)cc(C2(C(F)(F)F)CNC(c3ccc(CNC(=O)OC(C)(C)C)c(Br)c3)C2Cl)c1. The zero-order valence-corrected chi connectivity index (χ0v) is 22.7. The Hall–Kier alpha value is -1.98. The number of hydrogen-bond acceptors (Lipinski definition) is 3. The summed E-state index contributed by atoms with van der Waals surface area (Å²) >= 11 is 9.85. The molecule has 0 bridgehead atoms. The normalized spacial score (nSPS) is 22.7. The fourth-order valence-electron chi connectivity index (χ4n) is 4.31. The van der Waals surface area contributed by atoms with Crippen LogP contribution in [0.4, 0.5) is 31.1 Å². The number of halogens is 8. The molecule has 3 rings (SSSR count). The molecule has 0 radical (unpaired) electrons. The Morgan fingerprint density at radius 2 is 1.78 bits per heavy atom. The third-order valence-electron chi connectivity index (χ3n) is 6.05. The molecule has 0 aliphatic carbocycles. The number of carbonyl (C=O) groups is 1. The highest BCUT2D eigenvalue weighted by Crippen LogP contribution is 2.53. The van der Waals surface area contributed by atoms with Crippen LogP contribution in [0.2, 0.25) is 0 Å². The number of aryl methyl sites for hydroxylation is 1. The molecular formula is C25H26BrClF6N2O2. The molecule has 37 heavy (non-hydrogen) atoms. The summed E-state index contributed by atoms with van der Waals surface area (Å²) in [5, 5.41) is 3.73. The second-order valence-corrected chi connectivity index (χ2v) is 11.3. The van der Waals surface area contributed by atoms with Gasteiger partial charge in [-0.1, -0.05) is 39.7 Å². The highest BCUT2D eigenvalue weighted by molar-refractivity contribution is 9.10. The van der Waals surface area contributed by atoms with Crippen LogP contribution in [0, 0.1) is 6.92 Å². The highest BCUT2D eigenvalue weighted by atomic mass is 79.9. The molecular weight excluding hydrogens is 590 g/mol. The fraction of sp³-hybridized carbons (Fsp3) is 0.480. The number of nitrogens with one attached hydrogen (secondary N) is 2. The van der Waals surface area contributed by atoms with Crippen molar-refractivity contribution in [3.63, 3.8) is 0 Å². The summed E-state index contributed by atoms with van der Waals surface area (Å²) in [5.74, 6) is 0. The van der Waals surface area contributed by atoms with Crippen LogP contribution in [0.25, 0.3) is 0 Å². The second kappa shape index (κ2) is 10.3. The van der Waals surface area contributed by atoms with Gasteiger partial charge in [-0.3, -0.25) is 0 Å². The van der Waals surface area contributed by atoms with Gasteiger partial charge in [-0.05, 0) is 62.6 Å². The van der Waals surface area contributed by atoms with E-state index in [2.05, 4.69) is 26.6 Å². The van der Waals surface area contributed by atoms with E-state index in [-0.39, 0.29) is 12.1 Å². The quantitative estimate of drug-likeness (QED) is 0.276. The van der Waals surface area contributed by atoms with Crippen molar-refractivity contribution in [3.05, 3.63) is 68.7 Å². The average Bonchev–Trinajstić information content (AvgIpc) is 3.08. The largest absolute Gasteiger partial charge is 0.444 e. The number of benzene rings is 2. The highest BCUT2D eigenvalue weighted by Gasteiger charge is 2.65. The van der Waals surface area contributed by atoms with Gasteiger partial charge in [0, 0.05) is 23.6 Å².